The second-order valence-corrected chi connectivity index (χ2v) is 5.71. The number of nitrogens with zero attached hydrogens (tertiary/aromatic N) is 1. The molecular weight excluding hydrogens is 356 g/mol. The van der Waals surface area contributed by atoms with Crippen molar-refractivity contribution in [3.05, 3.63) is 45.3 Å². The van der Waals surface area contributed by atoms with Crippen LogP contribution in [0.3, 0.4) is 0 Å². The molecule has 0 aliphatic rings. The van der Waals surface area contributed by atoms with Crippen molar-refractivity contribution in [1.29, 1.82) is 0 Å². The van der Waals surface area contributed by atoms with Crippen LogP contribution < -0.4 is 5.32 Å². The summed E-state index contributed by atoms with van der Waals surface area (Å²) in [7, 11) is 0. The van der Waals surface area contributed by atoms with E-state index in [0.29, 0.717) is 16.1 Å². The lowest BCUT2D eigenvalue weighted by atomic mass is 10.0. The van der Waals surface area contributed by atoms with Crippen molar-refractivity contribution in [2.24, 2.45) is 0 Å². The first kappa shape index (κ1) is 17.9. The number of carbonyl (C=O) groups is 2. The van der Waals surface area contributed by atoms with Gasteiger partial charge in [0.1, 0.15) is 16.4 Å². The number of nitrogens with one attached hydrogen (secondary N) is 1. The molecule has 0 fully saturated rings. The van der Waals surface area contributed by atoms with Gasteiger partial charge in [-0.15, -0.1) is 22.9 Å². The fourth-order valence-corrected chi connectivity index (χ4v) is 3.06. The molecule has 1 heterocycles. The smallest absolute Gasteiger partial charge is 0.341 e. The molecule has 0 atom stereocenters. The third kappa shape index (κ3) is 3.90. The number of anilines is 1. The molecule has 9 heteroatoms. The van der Waals surface area contributed by atoms with Crippen molar-refractivity contribution in [1.82, 2.24) is 0 Å². The molecule has 0 radical (unpaired) electrons. The Morgan fingerprint density at radius 2 is 2.17 bits per heavy atom. The molecule has 1 N–H and O–H groups in total. The predicted octanol–water partition coefficient (Wildman–Crippen LogP) is 3.68. The molecule has 1 aromatic heterocycles. The summed E-state index contributed by atoms with van der Waals surface area (Å²) in [5, 5.41) is 15.4. The van der Waals surface area contributed by atoms with Gasteiger partial charge in [-0.3, -0.25) is 14.9 Å². The summed E-state index contributed by atoms with van der Waals surface area (Å²) in [6, 6.07) is 5.88. The monoisotopic (exact) mass is 368 g/mol. The van der Waals surface area contributed by atoms with E-state index in [-0.39, 0.29) is 23.7 Å². The quantitative estimate of drug-likeness (QED) is 0.363. The van der Waals surface area contributed by atoms with E-state index in [0.717, 1.165) is 11.3 Å². The zero-order valence-electron chi connectivity index (χ0n) is 12.6. The first-order chi connectivity index (χ1) is 11.5. The molecule has 2 aromatic rings. The highest BCUT2D eigenvalue weighted by Crippen LogP contribution is 2.37. The van der Waals surface area contributed by atoms with Crippen molar-refractivity contribution in [2.75, 3.05) is 17.8 Å². The summed E-state index contributed by atoms with van der Waals surface area (Å²) in [5.74, 6) is -1.34. The van der Waals surface area contributed by atoms with E-state index in [2.05, 4.69) is 5.32 Å². The first-order valence-electron chi connectivity index (χ1n) is 6.87. The second-order valence-electron chi connectivity index (χ2n) is 4.56. The highest BCUT2D eigenvalue weighted by atomic mass is 35.5. The van der Waals surface area contributed by atoms with Gasteiger partial charge in [-0.05, 0) is 12.5 Å². The number of benzene rings is 1. The molecule has 1 aromatic carbocycles. The lowest BCUT2D eigenvalue weighted by Gasteiger charge is -2.08. The van der Waals surface area contributed by atoms with Gasteiger partial charge in [0.15, 0.2) is 0 Å². The minimum atomic E-state index is -0.620. The number of ether oxygens (including phenoxy) is 1. The van der Waals surface area contributed by atoms with Gasteiger partial charge in [-0.1, -0.05) is 12.1 Å². The van der Waals surface area contributed by atoms with Gasteiger partial charge in [0.25, 0.3) is 5.69 Å². The maximum Gasteiger partial charge on any atom is 0.341 e. The van der Waals surface area contributed by atoms with Crippen molar-refractivity contribution < 1.29 is 19.2 Å². The Hall–Kier alpha value is -2.45. The number of halogens is 1. The van der Waals surface area contributed by atoms with Crippen LogP contribution in [0.5, 0.6) is 0 Å². The van der Waals surface area contributed by atoms with Crippen LogP contribution >= 0.6 is 22.9 Å². The summed E-state index contributed by atoms with van der Waals surface area (Å²) in [4.78, 5) is 34.2. The van der Waals surface area contributed by atoms with Crippen molar-refractivity contribution in [2.45, 2.75) is 6.92 Å². The van der Waals surface area contributed by atoms with Gasteiger partial charge in [-0.25, -0.2) is 4.79 Å². The Morgan fingerprint density at radius 1 is 1.42 bits per heavy atom. The number of carbonyl (C=O) groups excluding carboxylic acids is 2. The first-order valence-corrected chi connectivity index (χ1v) is 8.28. The molecule has 0 saturated carbocycles. The molecule has 0 bridgehead atoms. The number of hydrogen-bond acceptors (Lipinski definition) is 6. The van der Waals surface area contributed by atoms with Crippen LogP contribution in [0, 0.1) is 10.1 Å². The molecule has 7 nitrogen and oxygen atoms in total. The summed E-state index contributed by atoms with van der Waals surface area (Å²) in [5.41, 5.74) is 0.988. The molecule has 0 unspecified atom stereocenters. The minimum Gasteiger partial charge on any atom is -0.462 e. The van der Waals surface area contributed by atoms with Crippen LogP contribution in [0.2, 0.25) is 0 Å². The summed E-state index contributed by atoms with van der Waals surface area (Å²) < 4.78 is 5.03. The van der Waals surface area contributed by atoms with Gasteiger partial charge in [0.2, 0.25) is 5.91 Å². The third-order valence-corrected chi connectivity index (χ3v) is 4.15. The van der Waals surface area contributed by atoms with Crippen LogP contribution in [0.25, 0.3) is 11.1 Å². The topological polar surface area (TPSA) is 98.5 Å². The van der Waals surface area contributed by atoms with Gasteiger partial charge >= 0.3 is 5.97 Å². The van der Waals surface area contributed by atoms with Crippen LogP contribution in [-0.2, 0) is 9.53 Å². The van der Waals surface area contributed by atoms with Crippen LogP contribution in [-0.4, -0.2) is 29.3 Å². The fourth-order valence-electron chi connectivity index (χ4n) is 2.02. The zero-order chi connectivity index (χ0) is 17.7. The predicted molar refractivity (Wildman–Crippen MR) is 91.7 cm³/mol. The number of rotatable bonds is 6. The van der Waals surface area contributed by atoms with E-state index in [1.54, 1.807) is 18.4 Å². The fraction of sp³-hybridized carbons (Fsp3) is 0.200. The highest BCUT2D eigenvalue weighted by Gasteiger charge is 2.23. The van der Waals surface area contributed by atoms with E-state index >= 15 is 0 Å². The minimum absolute atomic E-state index is 0.0974. The van der Waals surface area contributed by atoms with Crippen molar-refractivity contribution in [3.63, 3.8) is 0 Å². The van der Waals surface area contributed by atoms with Crippen molar-refractivity contribution in [3.8, 4) is 11.1 Å². The standard InChI is InChI=1S/C15H13ClN2O5S/c1-2-23-15(20)13-11(8-24-14(13)17-12(19)7-16)9-4-3-5-10(6-9)18(21)22/h3-6,8H,2,7H2,1H3,(H,17,19). The average molecular weight is 369 g/mol. The summed E-state index contributed by atoms with van der Waals surface area (Å²) in [6.45, 7) is 1.82. The lowest BCUT2D eigenvalue weighted by Crippen LogP contribution is -2.15. The Morgan fingerprint density at radius 3 is 2.79 bits per heavy atom. The molecular formula is C15H13ClN2O5S. The Balaban J connectivity index is 2.53. The van der Waals surface area contributed by atoms with Gasteiger partial charge < -0.3 is 10.1 Å². The molecule has 0 aliphatic heterocycles. The maximum absolute atomic E-state index is 12.3. The molecule has 1 amide bonds. The molecule has 0 saturated heterocycles. The Kier molecular flexibility index (Phi) is 5.88. The molecule has 0 aliphatic carbocycles. The zero-order valence-corrected chi connectivity index (χ0v) is 14.1. The third-order valence-electron chi connectivity index (χ3n) is 3.01. The number of nitro groups is 1. The molecule has 126 valence electrons. The highest BCUT2D eigenvalue weighted by molar-refractivity contribution is 7.15. The van der Waals surface area contributed by atoms with Gasteiger partial charge in [0.05, 0.1) is 11.5 Å². The van der Waals surface area contributed by atoms with Crippen LogP contribution in [0.1, 0.15) is 17.3 Å². The van der Waals surface area contributed by atoms with E-state index in [9.17, 15) is 19.7 Å². The number of alkyl halides is 1. The SMILES string of the molecule is CCOC(=O)c1c(-c2cccc([N+](=O)[O-])c2)csc1NC(=O)CCl. The van der Waals surface area contributed by atoms with E-state index in [1.165, 1.54) is 18.2 Å². The number of nitro benzene ring substituents is 1. The lowest BCUT2D eigenvalue weighted by molar-refractivity contribution is -0.384. The Bertz CT molecular complexity index is 790. The average Bonchev–Trinajstić information content (AvgIpc) is 2.98. The van der Waals surface area contributed by atoms with Crippen LogP contribution in [0.4, 0.5) is 10.7 Å². The van der Waals surface area contributed by atoms with E-state index < -0.39 is 16.8 Å². The number of esters is 1. The summed E-state index contributed by atoms with van der Waals surface area (Å²) in [6.07, 6.45) is 0. The van der Waals surface area contributed by atoms with E-state index in [1.807, 2.05) is 0 Å². The van der Waals surface area contributed by atoms with E-state index in [4.69, 9.17) is 16.3 Å². The number of amides is 1. The normalized spacial score (nSPS) is 10.2. The number of non-ortho nitro benzene ring substituents is 1. The number of thiophene rings is 1. The van der Waals surface area contributed by atoms with Gasteiger partial charge in [0, 0.05) is 23.1 Å². The molecule has 24 heavy (non-hydrogen) atoms. The number of hydrogen-bond donors (Lipinski definition) is 1. The van der Waals surface area contributed by atoms with Crippen molar-refractivity contribution >= 4 is 45.5 Å². The summed E-state index contributed by atoms with van der Waals surface area (Å²) >= 11 is 6.60. The molecule has 0 spiro atoms. The maximum atomic E-state index is 12.3. The Labute approximate surface area is 146 Å². The molecule has 2 rings (SSSR count). The largest absolute Gasteiger partial charge is 0.462 e. The second kappa shape index (κ2) is 7.89. The van der Waals surface area contributed by atoms with Crippen LogP contribution in [0.15, 0.2) is 29.6 Å². The van der Waals surface area contributed by atoms with Gasteiger partial charge in [-0.2, -0.15) is 0 Å².